The molecule has 0 spiro atoms. The molecule has 1 amide bonds. The summed E-state index contributed by atoms with van der Waals surface area (Å²) < 4.78 is 28.5. The number of halogens is 2. The lowest BCUT2D eigenvalue weighted by Gasteiger charge is -2.09. The van der Waals surface area contributed by atoms with Gasteiger partial charge in [-0.1, -0.05) is 12.1 Å². The lowest BCUT2D eigenvalue weighted by atomic mass is 10.1. The van der Waals surface area contributed by atoms with Crippen molar-refractivity contribution in [2.45, 2.75) is 6.61 Å². The molecular weight excluding hydrogens is 302 g/mol. The van der Waals surface area contributed by atoms with Crippen LogP contribution in [-0.2, 0) is 0 Å². The van der Waals surface area contributed by atoms with Crippen molar-refractivity contribution in [1.82, 2.24) is 4.98 Å². The summed E-state index contributed by atoms with van der Waals surface area (Å²) in [7, 11) is 0. The Morgan fingerprint density at radius 2 is 1.87 bits per heavy atom. The smallest absolute Gasteiger partial charge is 0.387 e. The first-order valence-electron chi connectivity index (χ1n) is 6.82. The van der Waals surface area contributed by atoms with Crippen LogP contribution in [0.5, 0.6) is 5.75 Å². The molecule has 3 aromatic rings. The highest BCUT2D eigenvalue weighted by atomic mass is 19.3. The number of carbonyl (C=O) groups excluding carboxylic acids is 1. The van der Waals surface area contributed by atoms with E-state index in [1.165, 1.54) is 24.3 Å². The number of aromatic nitrogens is 1. The highest BCUT2D eigenvalue weighted by Gasteiger charge is 2.10. The summed E-state index contributed by atoms with van der Waals surface area (Å²) in [5, 5.41) is 4.58. The molecule has 3 rings (SSSR count). The molecule has 0 unspecified atom stereocenters. The van der Waals surface area contributed by atoms with Crippen LogP contribution in [-0.4, -0.2) is 17.5 Å². The fourth-order valence-corrected chi connectivity index (χ4v) is 2.21. The zero-order chi connectivity index (χ0) is 16.2. The highest BCUT2D eigenvalue weighted by molar-refractivity contribution is 6.09. The predicted molar refractivity (Wildman–Crippen MR) is 82.8 cm³/mol. The van der Waals surface area contributed by atoms with Gasteiger partial charge >= 0.3 is 6.61 Å². The summed E-state index contributed by atoms with van der Waals surface area (Å²) in [6, 6.07) is 12.8. The van der Waals surface area contributed by atoms with Crippen molar-refractivity contribution in [1.29, 1.82) is 0 Å². The Balaban J connectivity index is 1.81. The van der Waals surface area contributed by atoms with Gasteiger partial charge in [0.15, 0.2) is 0 Å². The summed E-state index contributed by atoms with van der Waals surface area (Å²) in [6.45, 7) is -2.89. The molecule has 0 saturated carbocycles. The van der Waals surface area contributed by atoms with Gasteiger partial charge in [-0.3, -0.25) is 9.78 Å². The number of pyridine rings is 1. The normalized spacial score (nSPS) is 10.7. The fourth-order valence-electron chi connectivity index (χ4n) is 2.21. The van der Waals surface area contributed by atoms with Crippen LogP contribution in [0.15, 0.2) is 60.9 Å². The van der Waals surface area contributed by atoms with Gasteiger partial charge in [0.25, 0.3) is 5.91 Å². The average Bonchev–Trinajstić information content (AvgIpc) is 2.55. The average molecular weight is 314 g/mol. The summed E-state index contributed by atoms with van der Waals surface area (Å²) in [4.78, 5) is 16.3. The van der Waals surface area contributed by atoms with Gasteiger partial charge in [-0.25, -0.2) is 0 Å². The van der Waals surface area contributed by atoms with Gasteiger partial charge in [0, 0.05) is 34.4 Å². The van der Waals surface area contributed by atoms with Gasteiger partial charge in [0.2, 0.25) is 0 Å². The topological polar surface area (TPSA) is 51.2 Å². The van der Waals surface area contributed by atoms with E-state index in [4.69, 9.17) is 0 Å². The zero-order valence-electron chi connectivity index (χ0n) is 11.9. The number of amides is 1. The lowest BCUT2D eigenvalue weighted by Crippen LogP contribution is -2.12. The molecule has 1 N–H and O–H groups in total. The van der Waals surface area contributed by atoms with Crippen LogP contribution in [0.2, 0.25) is 0 Å². The molecule has 0 aliphatic carbocycles. The highest BCUT2D eigenvalue weighted by Crippen LogP contribution is 2.23. The molecule has 0 atom stereocenters. The first-order chi connectivity index (χ1) is 11.1. The lowest BCUT2D eigenvalue weighted by molar-refractivity contribution is -0.0498. The van der Waals surface area contributed by atoms with Crippen molar-refractivity contribution in [3.63, 3.8) is 0 Å². The molecule has 1 aromatic heterocycles. The van der Waals surface area contributed by atoms with Gasteiger partial charge in [0.1, 0.15) is 5.75 Å². The van der Waals surface area contributed by atoms with Crippen molar-refractivity contribution < 1.29 is 18.3 Å². The Morgan fingerprint density at radius 3 is 2.61 bits per heavy atom. The maximum atomic E-state index is 12.3. The van der Waals surface area contributed by atoms with Gasteiger partial charge in [0.05, 0.1) is 0 Å². The molecule has 116 valence electrons. The number of anilines is 1. The summed E-state index contributed by atoms with van der Waals surface area (Å²) in [5.41, 5.74) is 1.00. The van der Waals surface area contributed by atoms with Crippen molar-refractivity contribution in [3.8, 4) is 5.75 Å². The molecule has 6 heteroatoms. The van der Waals surface area contributed by atoms with E-state index in [0.29, 0.717) is 11.3 Å². The number of ether oxygens (including phenoxy) is 1. The van der Waals surface area contributed by atoms with E-state index in [1.807, 2.05) is 18.2 Å². The first-order valence-corrected chi connectivity index (χ1v) is 6.82. The molecule has 0 aliphatic heterocycles. The van der Waals surface area contributed by atoms with Crippen LogP contribution in [0.3, 0.4) is 0 Å². The molecule has 23 heavy (non-hydrogen) atoms. The number of carbonyl (C=O) groups is 1. The number of rotatable bonds is 4. The van der Waals surface area contributed by atoms with E-state index in [2.05, 4.69) is 15.0 Å². The SMILES string of the molecule is O=C(Nc1cccc2cnccc12)c1ccc(OC(F)F)cc1. The minimum absolute atomic E-state index is 0.00721. The Labute approximate surface area is 130 Å². The van der Waals surface area contributed by atoms with Gasteiger partial charge in [-0.15, -0.1) is 0 Å². The van der Waals surface area contributed by atoms with Crippen LogP contribution in [0.4, 0.5) is 14.5 Å². The van der Waals surface area contributed by atoms with Crippen LogP contribution >= 0.6 is 0 Å². The molecule has 2 aromatic carbocycles. The molecular formula is C17H12F2N2O2. The fraction of sp³-hybridized carbons (Fsp3) is 0.0588. The van der Waals surface area contributed by atoms with Crippen molar-refractivity contribution in [2.75, 3.05) is 5.32 Å². The van der Waals surface area contributed by atoms with Crippen molar-refractivity contribution in [3.05, 3.63) is 66.5 Å². The van der Waals surface area contributed by atoms with Crippen molar-refractivity contribution in [2.24, 2.45) is 0 Å². The molecule has 4 nitrogen and oxygen atoms in total. The van der Waals surface area contributed by atoms with E-state index in [0.717, 1.165) is 10.8 Å². The summed E-state index contributed by atoms with van der Waals surface area (Å²) in [5.74, 6) is -0.328. The third-order valence-electron chi connectivity index (χ3n) is 3.27. The monoisotopic (exact) mass is 314 g/mol. The minimum atomic E-state index is -2.89. The third kappa shape index (κ3) is 3.42. The Hall–Kier alpha value is -3.02. The Kier molecular flexibility index (Phi) is 4.14. The second-order valence-electron chi connectivity index (χ2n) is 4.76. The second-order valence-corrected chi connectivity index (χ2v) is 4.76. The summed E-state index contributed by atoms with van der Waals surface area (Å²) in [6.07, 6.45) is 3.36. The molecule has 0 fully saturated rings. The van der Waals surface area contributed by atoms with E-state index in [9.17, 15) is 13.6 Å². The number of hydrogen-bond donors (Lipinski definition) is 1. The summed E-state index contributed by atoms with van der Waals surface area (Å²) >= 11 is 0. The minimum Gasteiger partial charge on any atom is -0.435 e. The molecule has 0 saturated heterocycles. The maximum Gasteiger partial charge on any atom is 0.387 e. The van der Waals surface area contributed by atoms with E-state index in [-0.39, 0.29) is 11.7 Å². The number of alkyl halides is 2. The third-order valence-corrected chi connectivity index (χ3v) is 3.27. The van der Waals surface area contributed by atoms with E-state index < -0.39 is 6.61 Å². The molecule has 1 heterocycles. The quantitative estimate of drug-likeness (QED) is 0.789. The Bertz CT molecular complexity index is 830. The molecule has 0 radical (unpaired) electrons. The largest absolute Gasteiger partial charge is 0.435 e. The second kappa shape index (κ2) is 6.39. The first kappa shape index (κ1) is 14.9. The van der Waals surface area contributed by atoms with Gasteiger partial charge in [-0.2, -0.15) is 8.78 Å². The van der Waals surface area contributed by atoms with Crippen LogP contribution in [0.25, 0.3) is 10.8 Å². The maximum absolute atomic E-state index is 12.3. The van der Waals surface area contributed by atoms with Gasteiger partial charge in [-0.05, 0) is 36.4 Å². The number of nitrogens with one attached hydrogen (secondary N) is 1. The van der Waals surface area contributed by atoms with Gasteiger partial charge < -0.3 is 10.1 Å². The molecule has 0 aliphatic rings. The Morgan fingerprint density at radius 1 is 1.09 bits per heavy atom. The van der Waals surface area contributed by atoms with Crippen molar-refractivity contribution >= 4 is 22.4 Å². The predicted octanol–water partition coefficient (Wildman–Crippen LogP) is 4.09. The van der Waals surface area contributed by atoms with Crippen LogP contribution in [0, 0.1) is 0 Å². The standard InChI is InChI=1S/C17H12F2N2O2/c18-17(19)23-13-6-4-11(5-7-13)16(22)21-15-3-1-2-12-10-20-9-8-14(12)15/h1-10,17H,(H,21,22). The number of nitrogens with zero attached hydrogens (tertiary/aromatic N) is 1. The van der Waals surface area contributed by atoms with E-state index >= 15 is 0 Å². The number of hydrogen-bond acceptors (Lipinski definition) is 3. The number of fused-ring (bicyclic) bond motifs is 1. The zero-order valence-corrected chi connectivity index (χ0v) is 11.9. The molecule has 0 bridgehead atoms. The number of benzene rings is 2. The van der Waals surface area contributed by atoms with Crippen LogP contribution < -0.4 is 10.1 Å². The van der Waals surface area contributed by atoms with Crippen LogP contribution in [0.1, 0.15) is 10.4 Å². The van der Waals surface area contributed by atoms with E-state index in [1.54, 1.807) is 18.5 Å².